The summed E-state index contributed by atoms with van der Waals surface area (Å²) in [6.45, 7) is 6.72. The van der Waals surface area contributed by atoms with E-state index in [1.54, 1.807) is 0 Å². The van der Waals surface area contributed by atoms with Crippen LogP contribution in [0.1, 0.15) is 432 Å². The molecule has 0 amide bonds. The van der Waals surface area contributed by atoms with Crippen LogP contribution in [0, 0.1) is 0 Å². The van der Waals surface area contributed by atoms with Gasteiger partial charge in [0.2, 0.25) is 0 Å². The Morgan fingerprint density at radius 1 is 0.235 bits per heavy atom. The van der Waals surface area contributed by atoms with Crippen LogP contribution in [-0.4, -0.2) is 37.2 Å². The van der Waals surface area contributed by atoms with Crippen molar-refractivity contribution in [3.63, 3.8) is 0 Å². The van der Waals surface area contributed by atoms with Crippen molar-refractivity contribution in [2.45, 2.75) is 438 Å². The molecule has 0 fully saturated rings. The van der Waals surface area contributed by atoms with Crippen LogP contribution in [0.15, 0.2) is 12.2 Å². The van der Waals surface area contributed by atoms with Gasteiger partial charge < -0.3 is 14.2 Å². The molecule has 0 aromatic carbocycles. The number of esters is 3. The first kappa shape index (κ1) is 79.2. The summed E-state index contributed by atoms with van der Waals surface area (Å²) < 4.78 is 17.0. The number of hydrogen-bond donors (Lipinski definition) is 0. The lowest BCUT2D eigenvalue weighted by Crippen LogP contribution is -2.30. The third-order valence-corrected chi connectivity index (χ3v) is 17.3. The summed E-state index contributed by atoms with van der Waals surface area (Å²) in [5, 5.41) is 0. The van der Waals surface area contributed by atoms with Gasteiger partial charge in [0.15, 0.2) is 6.10 Å². The van der Waals surface area contributed by atoms with Crippen molar-refractivity contribution in [1.29, 1.82) is 0 Å². The minimum absolute atomic E-state index is 0.0665. The maximum Gasteiger partial charge on any atom is 0.306 e. The molecule has 0 aromatic heterocycles. The summed E-state index contributed by atoms with van der Waals surface area (Å²) in [4.78, 5) is 38.4. The van der Waals surface area contributed by atoms with Crippen molar-refractivity contribution in [2.75, 3.05) is 13.2 Å². The summed E-state index contributed by atoms with van der Waals surface area (Å²) in [7, 11) is 0. The molecule has 0 saturated heterocycles. The molecule has 0 bridgehead atoms. The van der Waals surface area contributed by atoms with E-state index in [1.807, 2.05) is 0 Å². The van der Waals surface area contributed by atoms with Gasteiger partial charge in [-0.05, 0) is 44.9 Å². The minimum Gasteiger partial charge on any atom is -0.462 e. The van der Waals surface area contributed by atoms with E-state index in [1.165, 1.54) is 327 Å². The van der Waals surface area contributed by atoms with E-state index in [9.17, 15) is 14.4 Å². The summed E-state index contributed by atoms with van der Waals surface area (Å²) in [6.07, 6.45) is 85.5. The van der Waals surface area contributed by atoms with Gasteiger partial charge in [-0.3, -0.25) is 14.4 Å². The number of carbonyl (C=O) groups excluding carboxylic acids is 3. The molecule has 1 atom stereocenters. The number of unbranched alkanes of at least 4 members (excludes halogenated alkanes) is 57. The summed E-state index contributed by atoms with van der Waals surface area (Å²) in [6, 6.07) is 0. The molecular formula is C75H144O6. The average Bonchev–Trinajstić information content (AvgIpc) is 3.47. The summed E-state index contributed by atoms with van der Waals surface area (Å²) in [5.74, 6) is -0.839. The van der Waals surface area contributed by atoms with E-state index in [4.69, 9.17) is 14.2 Å². The number of carbonyl (C=O) groups is 3. The van der Waals surface area contributed by atoms with Crippen LogP contribution in [0.2, 0.25) is 0 Å². The molecule has 0 rings (SSSR count). The van der Waals surface area contributed by atoms with E-state index in [2.05, 4.69) is 32.9 Å². The first-order valence-electron chi connectivity index (χ1n) is 37.2. The predicted molar refractivity (Wildman–Crippen MR) is 353 cm³/mol. The summed E-state index contributed by atoms with van der Waals surface area (Å²) >= 11 is 0. The topological polar surface area (TPSA) is 78.9 Å². The van der Waals surface area contributed by atoms with Gasteiger partial charge in [0.25, 0.3) is 0 Å². The SMILES string of the molecule is CCCCCCCCC/C=C\CCCCCCCC(=O)OC(COC(=O)CCCCCCCCCCCCCCCCC)COC(=O)CCCCCCCCCCCCCCCCCCCCCCCCCCCCCCCCCC. The van der Waals surface area contributed by atoms with Crippen molar-refractivity contribution in [1.82, 2.24) is 0 Å². The molecule has 81 heavy (non-hydrogen) atoms. The van der Waals surface area contributed by atoms with Crippen molar-refractivity contribution in [2.24, 2.45) is 0 Å². The van der Waals surface area contributed by atoms with Gasteiger partial charge in [-0.1, -0.05) is 380 Å². The quantitative estimate of drug-likeness (QED) is 0.0261. The molecule has 0 aliphatic heterocycles. The Kier molecular flexibility index (Phi) is 69.0. The van der Waals surface area contributed by atoms with E-state index in [0.29, 0.717) is 19.3 Å². The second-order valence-corrected chi connectivity index (χ2v) is 25.6. The molecule has 480 valence electrons. The van der Waals surface area contributed by atoms with Crippen LogP contribution in [0.5, 0.6) is 0 Å². The molecule has 0 aliphatic carbocycles. The molecule has 0 heterocycles. The molecule has 6 heteroatoms. The molecule has 0 aliphatic rings. The fourth-order valence-corrected chi connectivity index (χ4v) is 11.7. The maximum atomic E-state index is 12.9. The largest absolute Gasteiger partial charge is 0.462 e. The first-order chi connectivity index (χ1) is 40.0. The fourth-order valence-electron chi connectivity index (χ4n) is 11.7. The second kappa shape index (κ2) is 70.6. The highest BCUT2D eigenvalue weighted by molar-refractivity contribution is 5.71. The van der Waals surface area contributed by atoms with E-state index >= 15 is 0 Å². The zero-order valence-electron chi connectivity index (χ0n) is 55.4. The van der Waals surface area contributed by atoms with Crippen LogP contribution in [0.25, 0.3) is 0 Å². The second-order valence-electron chi connectivity index (χ2n) is 25.6. The van der Waals surface area contributed by atoms with E-state index < -0.39 is 6.10 Å². The third-order valence-electron chi connectivity index (χ3n) is 17.3. The Hall–Kier alpha value is -1.85. The zero-order valence-corrected chi connectivity index (χ0v) is 55.4. The van der Waals surface area contributed by atoms with Crippen molar-refractivity contribution in [3.05, 3.63) is 12.2 Å². The average molecular weight is 1140 g/mol. The van der Waals surface area contributed by atoms with Crippen LogP contribution in [0.3, 0.4) is 0 Å². The lowest BCUT2D eigenvalue weighted by molar-refractivity contribution is -0.167. The molecule has 6 nitrogen and oxygen atoms in total. The zero-order chi connectivity index (χ0) is 58.5. The highest BCUT2D eigenvalue weighted by Gasteiger charge is 2.20. The Morgan fingerprint density at radius 3 is 0.617 bits per heavy atom. The van der Waals surface area contributed by atoms with Crippen LogP contribution < -0.4 is 0 Å². The first-order valence-corrected chi connectivity index (χ1v) is 37.2. The van der Waals surface area contributed by atoms with Gasteiger partial charge in [0.05, 0.1) is 0 Å². The molecule has 0 N–H and O–H groups in total. The third kappa shape index (κ3) is 68.8. The Balaban J connectivity index is 4.11. The Morgan fingerprint density at radius 2 is 0.407 bits per heavy atom. The number of ether oxygens (including phenoxy) is 3. The van der Waals surface area contributed by atoms with Crippen molar-refractivity contribution in [3.8, 4) is 0 Å². The minimum atomic E-state index is -0.771. The fraction of sp³-hybridized carbons (Fsp3) is 0.933. The van der Waals surface area contributed by atoms with Crippen molar-refractivity contribution < 1.29 is 28.6 Å². The monoisotopic (exact) mass is 1140 g/mol. The molecule has 0 spiro atoms. The van der Waals surface area contributed by atoms with Crippen LogP contribution >= 0.6 is 0 Å². The van der Waals surface area contributed by atoms with Gasteiger partial charge in [-0.25, -0.2) is 0 Å². The van der Waals surface area contributed by atoms with E-state index in [-0.39, 0.29) is 31.1 Å². The number of allylic oxidation sites excluding steroid dienone is 2. The van der Waals surface area contributed by atoms with Gasteiger partial charge in [-0.2, -0.15) is 0 Å². The lowest BCUT2D eigenvalue weighted by Gasteiger charge is -2.18. The number of hydrogen-bond acceptors (Lipinski definition) is 6. The predicted octanol–water partition coefficient (Wildman–Crippen LogP) is 25.6. The molecule has 0 radical (unpaired) electrons. The smallest absolute Gasteiger partial charge is 0.306 e. The lowest BCUT2D eigenvalue weighted by atomic mass is 10.0. The molecule has 0 aromatic rings. The molecular weight excluding hydrogens is 997 g/mol. The maximum absolute atomic E-state index is 12.9. The van der Waals surface area contributed by atoms with Crippen LogP contribution in [-0.2, 0) is 28.6 Å². The standard InChI is InChI=1S/C75H144O6/c1-4-7-10-13-16-19-22-25-28-30-31-32-33-34-35-36-37-38-39-40-41-42-43-44-45-48-50-53-56-59-62-65-68-74(77)80-71-72(70-79-73(76)67-64-61-58-55-52-49-46-27-24-21-18-15-12-9-6-3)81-75(78)69-66-63-60-57-54-51-47-29-26-23-20-17-14-11-8-5-2/h29,47,72H,4-28,30-46,48-71H2,1-3H3/b47-29-. The van der Waals surface area contributed by atoms with E-state index in [0.717, 1.165) is 64.2 Å². The normalized spacial score (nSPS) is 12.0. The summed E-state index contributed by atoms with van der Waals surface area (Å²) in [5.41, 5.74) is 0. The Labute approximate surface area is 507 Å². The van der Waals surface area contributed by atoms with Gasteiger partial charge in [0.1, 0.15) is 13.2 Å². The van der Waals surface area contributed by atoms with Crippen molar-refractivity contribution >= 4 is 17.9 Å². The number of rotatable bonds is 70. The highest BCUT2D eigenvalue weighted by atomic mass is 16.6. The van der Waals surface area contributed by atoms with Gasteiger partial charge in [-0.15, -0.1) is 0 Å². The molecule has 1 unspecified atom stereocenters. The van der Waals surface area contributed by atoms with Gasteiger partial charge in [0, 0.05) is 19.3 Å². The Bertz CT molecular complexity index is 1260. The van der Waals surface area contributed by atoms with Crippen LogP contribution in [0.4, 0.5) is 0 Å². The molecule has 0 saturated carbocycles. The highest BCUT2D eigenvalue weighted by Crippen LogP contribution is 2.20. The van der Waals surface area contributed by atoms with Gasteiger partial charge >= 0.3 is 17.9 Å².